The molecule has 0 radical (unpaired) electrons. The Morgan fingerprint density at radius 2 is 2.00 bits per heavy atom. The Morgan fingerprint density at radius 1 is 1.33 bits per heavy atom. The SMILES string of the molecule is C=CC1=C(C=N)CCC1. The summed E-state index contributed by atoms with van der Waals surface area (Å²) in [5.41, 5.74) is 2.44. The highest BCUT2D eigenvalue weighted by Crippen LogP contribution is 2.24. The van der Waals surface area contributed by atoms with Crippen LogP contribution >= 0.6 is 0 Å². The number of allylic oxidation sites excluding steroid dienone is 3. The van der Waals surface area contributed by atoms with E-state index in [9.17, 15) is 0 Å². The van der Waals surface area contributed by atoms with Crippen LogP contribution in [0.25, 0.3) is 0 Å². The molecule has 0 amide bonds. The van der Waals surface area contributed by atoms with E-state index < -0.39 is 0 Å². The largest absolute Gasteiger partial charge is 0.308 e. The Hall–Kier alpha value is -0.850. The second kappa shape index (κ2) is 2.62. The fraction of sp³-hybridized carbons (Fsp3) is 0.375. The predicted octanol–water partition coefficient (Wildman–Crippen LogP) is 2.30. The summed E-state index contributed by atoms with van der Waals surface area (Å²) in [4.78, 5) is 0. The molecule has 0 aliphatic heterocycles. The zero-order valence-corrected chi connectivity index (χ0v) is 5.48. The summed E-state index contributed by atoms with van der Waals surface area (Å²) in [6.45, 7) is 3.68. The highest BCUT2D eigenvalue weighted by Gasteiger charge is 2.08. The summed E-state index contributed by atoms with van der Waals surface area (Å²) in [5.74, 6) is 0. The van der Waals surface area contributed by atoms with E-state index in [1.54, 1.807) is 0 Å². The molecule has 0 fully saturated rings. The van der Waals surface area contributed by atoms with Gasteiger partial charge in [0, 0.05) is 6.21 Å². The van der Waals surface area contributed by atoms with E-state index in [1.165, 1.54) is 23.8 Å². The first kappa shape index (κ1) is 6.27. The smallest absolute Gasteiger partial charge is 0.0212 e. The monoisotopic (exact) mass is 121 g/mol. The van der Waals surface area contributed by atoms with E-state index in [-0.39, 0.29) is 0 Å². The third kappa shape index (κ3) is 1.10. The van der Waals surface area contributed by atoms with Crippen molar-refractivity contribution >= 4 is 6.21 Å². The summed E-state index contributed by atoms with van der Waals surface area (Å²) >= 11 is 0. The summed E-state index contributed by atoms with van der Waals surface area (Å²) in [6.07, 6.45) is 6.71. The highest BCUT2D eigenvalue weighted by atomic mass is 14.3. The average Bonchev–Trinajstić information content (AvgIpc) is 2.33. The third-order valence-electron chi connectivity index (χ3n) is 1.73. The minimum Gasteiger partial charge on any atom is -0.308 e. The van der Waals surface area contributed by atoms with Crippen molar-refractivity contribution in [1.82, 2.24) is 0 Å². The molecule has 0 heterocycles. The van der Waals surface area contributed by atoms with Gasteiger partial charge < -0.3 is 5.41 Å². The minimum absolute atomic E-state index is 1.07. The molecule has 0 saturated heterocycles. The van der Waals surface area contributed by atoms with Gasteiger partial charge in [-0.1, -0.05) is 12.7 Å². The first-order valence-corrected chi connectivity index (χ1v) is 3.23. The van der Waals surface area contributed by atoms with Crippen molar-refractivity contribution < 1.29 is 0 Å². The molecule has 1 nitrogen and oxygen atoms in total. The molecule has 0 aromatic heterocycles. The fourth-order valence-corrected chi connectivity index (χ4v) is 1.19. The Kier molecular flexibility index (Phi) is 1.83. The molecule has 1 aliphatic rings. The van der Waals surface area contributed by atoms with Gasteiger partial charge in [0.1, 0.15) is 0 Å². The van der Waals surface area contributed by atoms with Crippen molar-refractivity contribution in [1.29, 1.82) is 5.41 Å². The summed E-state index contributed by atoms with van der Waals surface area (Å²) in [5, 5.41) is 7.00. The van der Waals surface area contributed by atoms with Crippen LogP contribution in [0.3, 0.4) is 0 Å². The maximum absolute atomic E-state index is 7.00. The third-order valence-corrected chi connectivity index (χ3v) is 1.73. The molecular formula is C8H11N. The van der Waals surface area contributed by atoms with Gasteiger partial charge in [0.25, 0.3) is 0 Å². The van der Waals surface area contributed by atoms with Gasteiger partial charge in [-0.15, -0.1) is 0 Å². The lowest BCUT2D eigenvalue weighted by atomic mass is 10.2. The first-order chi connectivity index (χ1) is 4.38. The molecule has 0 aromatic carbocycles. The van der Waals surface area contributed by atoms with Gasteiger partial charge in [0.15, 0.2) is 0 Å². The molecule has 0 bridgehead atoms. The summed E-state index contributed by atoms with van der Waals surface area (Å²) in [6, 6.07) is 0. The zero-order chi connectivity index (χ0) is 6.69. The van der Waals surface area contributed by atoms with Crippen LogP contribution in [0.5, 0.6) is 0 Å². The molecule has 1 heteroatoms. The van der Waals surface area contributed by atoms with Gasteiger partial charge in [-0.2, -0.15) is 0 Å². The number of rotatable bonds is 2. The lowest BCUT2D eigenvalue weighted by Crippen LogP contribution is -1.78. The van der Waals surface area contributed by atoms with Gasteiger partial charge in [0.2, 0.25) is 0 Å². The van der Waals surface area contributed by atoms with Crippen molar-refractivity contribution in [3.63, 3.8) is 0 Å². The Morgan fingerprint density at radius 3 is 2.44 bits per heavy atom. The summed E-state index contributed by atoms with van der Waals surface area (Å²) < 4.78 is 0. The molecule has 0 saturated carbocycles. The van der Waals surface area contributed by atoms with Gasteiger partial charge >= 0.3 is 0 Å². The van der Waals surface area contributed by atoms with E-state index in [1.807, 2.05) is 6.08 Å². The second-order valence-electron chi connectivity index (χ2n) is 2.25. The van der Waals surface area contributed by atoms with E-state index in [0.717, 1.165) is 12.8 Å². The standard InChI is InChI=1S/C8H11N/c1-2-7-4-3-5-8(7)6-9/h2,6,9H,1,3-5H2. The Bertz CT molecular complexity index is 147. The molecule has 9 heavy (non-hydrogen) atoms. The second-order valence-corrected chi connectivity index (χ2v) is 2.25. The van der Waals surface area contributed by atoms with Gasteiger partial charge in [-0.05, 0) is 30.4 Å². The molecule has 0 spiro atoms. The Labute approximate surface area is 55.6 Å². The van der Waals surface area contributed by atoms with Gasteiger partial charge in [-0.3, -0.25) is 0 Å². The zero-order valence-electron chi connectivity index (χ0n) is 5.48. The van der Waals surface area contributed by atoms with Crippen LogP contribution in [0.4, 0.5) is 0 Å². The number of hydrogen-bond acceptors (Lipinski definition) is 1. The number of hydrogen-bond donors (Lipinski definition) is 1. The predicted molar refractivity (Wildman–Crippen MR) is 39.9 cm³/mol. The molecule has 48 valence electrons. The van der Waals surface area contributed by atoms with Crippen LogP contribution in [0.2, 0.25) is 0 Å². The fourth-order valence-electron chi connectivity index (χ4n) is 1.19. The quantitative estimate of drug-likeness (QED) is 0.542. The normalized spacial score (nSPS) is 18.2. The van der Waals surface area contributed by atoms with E-state index in [4.69, 9.17) is 5.41 Å². The van der Waals surface area contributed by atoms with Gasteiger partial charge in [-0.25, -0.2) is 0 Å². The van der Waals surface area contributed by atoms with Crippen LogP contribution in [-0.4, -0.2) is 6.21 Å². The minimum atomic E-state index is 1.07. The highest BCUT2D eigenvalue weighted by molar-refractivity contribution is 5.78. The van der Waals surface area contributed by atoms with E-state index in [2.05, 4.69) is 6.58 Å². The van der Waals surface area contributed by atoms with Crippen molar-refractivity contribution in [2.75, 3.05) is 0 Å². The average molecular weight is 121 g/mol. The van der Waals surface area contributed by atoms with Crippen LogP contribution in [-0.2, 0) is 0 Å². The van der Waals surface area contributed by atoms with E-state index in [0.29, 0.717) is 0 Å². The molecular weight excluding hydrogens is 110 g/mol. The lowest BCUT2D eigenvalue weighted by molar-refractivity contribution is 0.910. The van der Waals surface area contributed by atoms with E-state index >= 15 is 0 Å². The van der Waals surface area contributed by atoms with Crippen molar-refractivity contribution in [3.8, 4) is 0 Å². The van der Waals surface area contributed by atoms with Crippen LogP contribution in [0.15, 0.2) is 23.8 Å². The lowest BCUT2D eigenvalue weighted by Gasteiger charge is -1.90. The van der Waals surface area contributed by atoms with Crippen LogP contribution < -0.4 is 0 Å². The molecule has 1 rings (SSSR count). The number of nitrogens with one attached hydrogen (secondary N) is 1. The first-order valence-electron chi connectivity index (χ1n) is 3.23. The topological polar surface area (TPSA) is 23.9 Å². The Balaban J connectivity index is 2.81. The van der Waals surface area contributed by atoms with Crippen molar-refractivity contribution in [2.45, 2.75) is 19.3 Å². The van der Waals surface area contributed by atoms with Crippen molar-refractivity contribution in [2.24, 2.45) is 0 Å². The maximum Gasteiger partial charge on any atom is 0.0212 e. The summed E-state index contributed by atoms with van der Waals surface area (Å²) in [7, 11) is 0. The van der Waals surface area contributed by atoms with Crippen LogP contribution in [0, 0.1) is 5.41 Å². The van der Waals surface area contributed by atoms with Gasteiger partial charge in [0.05, 0.1) is 0 Å². The maximum atomic E-state index is 7.00. The molecule has 1 N–H and O–H groups in total. The molecule has 0 atom stereocenters. The molecule has 0 aromatic rings. The van der Waals surface area contributed by atoms with Crippen LogP contribution in [0.1, 0.15) is 19.3 Å². The molecule has 0 unspecified atom stereocenters. The molecule has 1 aliphatic carbocycles. The van der Waals surface area contributed by atoms with Crippen molar-refractivity contribution in [3.05, 3.63) is 23.8 Å².